The van der Waals surface area contributed by atoms with Crippen LogP contribution in [0.25, 0.3) is 0 Å². The van der Waals surface area contributed by atoms with Gasteiger partial charge in [0.15, 0.2) is 0 Å². The van der Waals surface area contributed by atoms with Crippen molar-refractivity contribution in [2.75, 3.05) is 25.0 Å². The Morgan fingerprint density at radius 3 is 2.38 bits per heavy atom. The number of halogens is 1. The molecule has 0 atom stereocenters. The molecule has 0 aliphatic carbocycles. The average Bonchev–Trinajstić information content (AvgIpc) is 2.95. The zero-order chi connectivity index (χ0) is 16.8. The van der Waals surface area contributed by atoms with E-state index in [2.05, 4.69) is 23.5 Å². The Bertz CT molecular complexity index is 857. The van der Waals surface area contributed by atoms with Gasteiger partial charge in [-0.3, -0.25) is 0 Å². The summed E-state index contributed by atoms with van der Waals surface area (Å²) in [5.41, 5.74) is 2.57. The number of hydrogen-bond donors (Lipinski definition) is 1. The van der Waals surface area contributed by atoms with Crippen molar-refractivity contribution in [2.24, 2.45) is 0 Å². The SMILES string of the molecule is O=S(=O)(c1ccc(Cl)cc1)N1CCC2(CC1)CNc1ccccc12. The molecule has 4 rings (SSSR count). The van der Waals surface area contributed by atoms with Crippen LogP contribution in [0, 0.1) is 0 Å². The van der Waals surface area contributed by atoms with Crippen LogP contribution in [0.1, 0.15) is 18.4 Å². The Kier molecular flexibility index (Phi) is 3.82. The molecule has 0 amide bonds. The third-order valence-corrected chi connectivity index (χ3v) is 7.41. The molecule has 1 spiro atoms. The van der Waals surface area contributed by atoms with Crippen LogP contribution in [-0.2, 0) is 15.4 Å². The summed E-state index contributed by atoms with van der Waals surface area (Å²) in [4.78, 5) is 0.313. The smallest absolute Gasteiger partial charge is 0.243 e. The third kappa shape index (κ3) is 2.51. The Morgan fingerprint density at radius 1 is 1.00 bits per heavy atom. The van der Waals surface area contributed by atoms with E-state index in [0.717, 1.165) is 19.4 Å². The number of para-hydroxylation sites is 1. The topological polar surface area (TPSA) is 49.4 Å². The van der Waals surface area contributed by atoms with E-state index in [1.807, 2.05) is 6.07 Å². The first-order valence-electron chi connectivity index (χ1n) is 8.10. The zero-order valence-electron chi connectivity index (χ0n) is 13.2. The van der Waals surface area contributed by atoms with Gasteiger partial charge in [0.25, 0.3) is 0 Å². The molecule has 126 valence electrons. The summed E-state index contributed by atoms with van der Waals surface area (Å²) in [5, 5.41) is 4.01. The summed E-state index contributed by atoms with van der Waals surface area (Å²) in [6.45, 7) is 1.98. The minimum absolute atomic E-state index is 0.0581. The lowest BCUT2D eigenvalue weighted by Crippen LogP contribution is -2.46. The molecule has 1 saturated heterocycles. The summed E-state index contributed by atoms with van der Waals surface area (Å²) in [6, 6.07) is 14.8. The molecule has 0 aromatic heterocycles. The van der Waals surface area contributed by atoms with E-state index in [4.69, 9.17) is 11.6 Å². The average molecular weight is 363 g/mol. The number of benzene rings is 2. The van der Waals surface area contributed by atoms with Crippen molar-refractivity contribution in [2.45, 2.75) is 23.2 Å². The fourth-order valence-electron chi connectivity index (χ4n) is 3.82. The van der Waals surface area contributed by atoms with Gasteiger partial charge in [0.05, 0.1) is 4.90 Å². The summed E-state index contributed by atoms with van der Waals surface area (Å²) in [6.07, 6.45) is 1.67. The van der Waals surface area contributed by atoms with E-state index in [1.165, 1.54) is 11.3 Å². The monoisotopic (exact) mass is 362 g/mol. The van der Waals surface area contributed by atoms with Crippen LogP contribution in [0.3, 0.4) is 0 Å². The van der Waals surface area contributed by atoms with Gasteiger partial charge in [-0.15, -0.1) is 0 Å². The third-order valence-electron chi connectivity index (χ3n) is 5.25. The number of nitrogens with one attached hydrogen (secondary N) is 1. The molecule has 6 heteroatoms. The number of piperidine rings is 1. The van der Waals surface area contributed by atoms with Gasteiger partial charge >= 0.3 is 0 Å². The van der Waals surface area contributed by atoms with Gasteiger partial charge in [0, 0.05) is 35.8 Å². The number of rotatable bonds is 2. The van der Waals surface area contributed by atoms with Crippen molar-refractivity contribution in [3.05, 3.63) is 59.1 Å². The van der Waals surface area contributed by atoms with Gasteiger partial charge in [-0.1, -0.05) is 29.8 Å². The van der Waals surface area contributed by atoms with Gasteiger partial charge in [-0.05, 0) is 48.7 Å². The molecule has 0 bridgehead atoms. The van der Waals surface area contributed by atoms with E-state index in [9.17, 15) is 8.42 Å². The van der Waals surface area contributed by atoms with Gasteiger partial charge in [-0.2, -0.15) is 4.31 Å². The first-order valence-corrected chi connectivity index (χ1v) is 9.92. The number of nitrogens with zero attached hydrogens (tertiary/aromatic N) is 1. The lowest BCUT2D eigenvalue weighted by molar-refractivity contribution is 0.249. The summed E-state index contributed by atoms with van der Waals surface area (Å²) in [5.74, 6) is 0. The van der Waals surface area contributed by atoms with Gasteiger partial charge in [0.1, 0.15) is 0 Å². The van der Waals surface area contributed by atoms with E-state index in [0.29, 0.717) is 23.0 Å². The maximum atomic E-state index is 12.8. The first-order chi connectivity index (χ1) is 11.5. The van der Waals surface area contributed by atoms with Crippen LogP contribution >= 0.6 is 11.6 Å². The Balaban J connectivity index is 1.56. The van der Waals surface area contributed by atoms with Gasteiger partial charge in [-0.25, -0.2) is 8.42 Å². The molecule has 2 heterocycles. The van der Waals surface area contributed by atoms with Crippen LogP contribution < -0.4 is 5.32 Å². The highest BCUT2D eigenvalue weighted by atomic mass is 35.5. The van der Waals surface area contributed by atoms with Gasteiger partial charge in [0.2, 0.25) is 10.0 Å². The second kappa shape index (κ2) is 5.76. The summed E-state index contributed by atoms with van der Waals surface area (Å²) < 4.78 is 27.2. The predicted octanol–water partition coefficient (Wildman–Crippen LogP) is 3.49. The fraction of sp³-hybridized carbons (Fsp3) is 0.333. The standard InChI is InChI=1S/C18H19ClN2O2S/c19-14-5-7-15(8-6-14)24(22,23)21-11-9-18(10-12-21)13-20-17-4-2-1-3-16(17)18/h1-8,20H,9-13H2. The van der Waals surface area contributed by atoms with Crippen LogP contribution in [0.15, 0.2) is 53.4 Å². The molecule has 2 aliphatic rings. The first kappa shape index (κ1) is 15.9. The number of fused-ring (bicyclic) bond motifs is 2. The minimum atomic E-state index is -3.45. The van der Waals surface area contributed by atoms with E-state index in [-0.39, 0.29) is 5.41 Å². The van der Waals surface area contributed by atoms with Gasteiger partial charge < -0.3 is 5.32 Å². The Morgan fingerprint density at radius 2 is 1.67 bits per heavy atom. The van der Waals surface area contributed by atoms with Crippen LogP contribution in [-0.4, -0.2) is 32.4 Å². The summed E-state index contributed by atoms with van der Waals surface area (Å²) in [7, 11) is -3.45. The van der Waals surface area contributed by atoms with E-state index in [1.54, 1.807) is 28.6 Å². The maximum Gasteiger partial charge on any atom is 0.243 e. The van der Waals surface area contributed by atoms with E-state index < -0.39 is 10.0 Å². The largest absolute Gasteiger partial charge is 0.384 e. The molecule has 4 nitrogen and oxygen atoms in total. The maximum absolute atomic E-state index is 12.8. The Hall–Kier alpha value is -1.56. The zero-order valence-corrected chi connectivity index (χ0v) is 14.8. The highest BCUT2D eigenvalue weighted by Gasteiger charge is 2.43. The van der Waals surface area contributed by atoms with Crippen molar-refractivity contribution in [3.63, 3.8) is 0 Å². The lowest BCUT2D eigenvalue weighted by Gasteiger charge is -2.38. The molecule has 2 aliphatic heterocycles. The Labute approximate surface area is 147 Å². The molecule has 0 unspecified atom stereocenters. The molecule has 24 heavy (non-hydrogen) atoms. The quantitative estimate of drug-likeness (QED) is 0.889. The number of anilines is 1. The van der Waals surface area contributed by atoms with Crippen molar-refractivity contribution in [3.8, 4) is 0 Å². The van der Waals surface area contributed by atoms with Crippen molar-refractivity contribution in [1.82, 2.24) is 4.31 Å². The molecule has 0 radical (unpaired) electrons. The number of hydrogen-bond acceptors (Lipinski definition) is 3. The highest BCUT2D eigenvalue weighted by molar-refractivity contribution is 7.89. The normalized spacial score (nSPS) is 19.9. The van der Waals surface area contributed by atoms with E-state index >= 15 is 0 Å². The fourth-order valence-corrected chi connectivity index (χ4v) is 5.38. The predicted molar refractivity (Wildman–Crippen MR) is 96.1 cm³/mol. The molecule has 2 aromatic carbocycles. The van der Waals surface area contributed by atoms with Crippen molar-refractivity contribution >= 4 is 27.3 Å². The molecule has 0 saturated carbocycles. The molecular formula is C18H19ClN2O2S. The van der Waals surface area contributed by atoms with Crippen molar-refractivity contribution in [1.29, 1.82) is 0 Å². The lowest BCUT2D eigenvalue weighted by atomic mass is 9.75. The second-order valence-electron chi connectivity index (χ2n) is 6.54. The number of sulfonamides is 1. The van der Waals surface area contributed by atoms with Crippen LogP contribution in [0.2, 0.25) is 5.02 Å². The van der Waals surface area contributed by atoms with Crippen molar-refractivity contribution < 1.29 is 8.42 Å². The molecule has 1 fully saturated rings. The second-order valence-corrected chi connectivity index (χ2v) is 8.91. The molecular weight excluding hydrogens is 344 g/mol. The van der Waals surface area contributed by atoms with Crippen LogP contribution in [0.4, 0.5) is 5.69 Å². The molecule has 2 aromatic rings. The van der Waals surface area contributed by atoms with Crippen LogP contribution in [0.5, 0.6) is 0 Å². The molecule has 1 N–H and O–H groups in total. The summed E-state index contributed by atoms with van der Waals surface area (Å²) >= 11 is 5.86. The minimum Gasteiger partial charge on any atom is -0.384 e. The highest BCUT2D eigenvalue weighted by Crippen LogP contribution is 2.44.